The van der Waals surface area contributed by atoms with Crippen LogP contribution in [0.5, 0.6) is 0 Å². The van der Waals surface area contributed by atoms with Gasteiger partial charge in [0, 0.05) is 31.5 Å². The van der Waals surface area contributed by atoms with E-state index >= 15 is 0 Å². The second kappa shape index (κ2) is 5.71. The first kappa shape index (κ1) is 12.7. The first-order valence-electron chi connectivity index (χ1n) is 6.46. The SMILES string of the molecule is CCCCn1nc(NCc2ccn(C)n2)cc1C. The summed E-state index contributed by atoms with van der Waals surface area (Å²) < 4.78 is 3.87. The van der Waals surface area contributed by atoms with Crippen LogP contribution in [0.2, 0.25) is 0 Å². The molecule has 18 heavy (non-hydrogen) atoms. The van der Waals surface area contributed by atoms with Crippen LogP contribution in [0.1, 0.15) is 31.2 Å². The van der Waals surface area contributed by atoms with Crippen molar-refractivity contribution in [1.29, 1.82) is 0 Å². The van der Waals surface area contributed by atoms with Crippen molar-refractivity contribution in [3.8, 4) is 0 Å². The van der Waals surface area contributed by atoms with Crippen LogP contribution in [0.25, 0.3) is 0 Å². The Kier molecular flexibility index (Phi) is 4.02. The summed E-state index contributed by atoms with van der Waals surface area (Å²) in [6.45, 7) is 5.99. The molecule has 2 aromatic rings. The molecule has 0 unspecified atom stereocenters. The molecule has 5 nitrogen and oxygen atoms in total. The molecule has 5 heteroatoms. The molecular formula is C13H21N5. The highest BCUT2D eigenvalue weighted by molar-refractivity contribution is 5.36. The molecule has 1 N–H and O–H groups in total. The molecule has 0 spiro atoms. The average molecular weight is 247 g/mol. The fraction of sp³-hybridized carbons (Fsp3) is 0.538. The van der Waals surface area contributed by atoms with Gasteiger partial charge in [-0.25, -0.2) is 0 Å². The summed E-state index contributed by atoms with van der Waals surface area (Å²) in [5.74, 6) is 0.925. The smallest absolute Gasteiger partial charge is 0.148 e. The zero-order valence-electron chi connectivity index (χ0n) is 11.3. The predicted octanol–water partition coefficient (Wildman–Crippen LogP) is 2.34. The van der Waals surface area contributed by atoms with Gasteiger partial charge in [0.15, 0.2) is 0 Å². The fourth-order valence-electron chi connectivity index (χ4n) is 1.87. The zero-order chi connectivity index (χ0) is 13.0. The van der Waals surface area contributed by atoms with E-state index in [0.29, 0.717) is 6.54 Å². The summed E-state index contributed by atoms with van der Waals surface area (Å²) in [7, 11) is 1.92. The number of rotatable bonds is 6. The van der Waals surface area contributed by atoms with Crippen molar-refractivity contribution in [3.05, 3.63) is 29.7 Å². The van der Waals surface area contributed by atoms with Crippen molar-refractivity contribution < 1.29 is 0 Å². The molecule has 0 aliphatic carbocycles. The minimum absolute atomic E-state index is 0.713. The lowest BCUT2D eigenvalue weighted by Crippen LogP contribution is -2.04. The molecular weight excluding hydrogens is 226 g/mol. The summed E-state index contributed by atoms with van der Waals surface area (Å²) in [6, 6.07) is 4.09. The highest BCUT2D eigenvalue weighted by atomic mass is 15.3. The third-order valence-electron chi connectivity index (χ3n) is 2.92. The maximum absolute atomic E-state index is 4.54. The van der Waals surface area contributed by atoms with Crippen LogP contribution in [0.3, 0.4) is 0 Å². The van der Waals surface area contributed by atoms with E-state index in [1.54, 1.807) is 0 Å². The summed E-state index contributed by atoms with van der Waals surface area (Å²) in [5, 5.41) is 12.2. The van der Waals surface area contributed by atoms with Gasteiger partial charge in [-0.05, 0) is 19.4 Å². The van der Waals surface area contributed by atoms with Gasteiger partial charge in [0.25, 0.3) is 0 Å². The van der Waals surface area contributed by atoms with Gasteiger partial charge >= 0.3 is 0 Å². The lowest BCUT2D eigenvalue weighted by Gasteiger charge is -2.02. The summed E-state index contributed by atoms with van der Waals surface area (Å²) in [5.41, 5.74) is 2.23. The van der Waals surface area contributed by atoms with Gasteiger partial charge in [-0.3, -0.25) is 9.36 Å². The fourth-order valence-corrected chi connectivity index (χ4v) is 1.87. The average Bonchev–Trinajstić information content (AvgIpc) is 2.91. The number of hydrogen-bond acceptors (Lipinski definition) is 3. The second-order valence-corrected chi connectivity index (χ2v) is 4.58. The van der Waals surface area contributed by atoms with Crippen LogP contribution < -0.4 is 5.32 Å². The number of nitrogens with one attached hydrogen (secondary N) is 1. The van der Waals surface area contributed by atoms with E-state index in [-0.39, 0.29) is 0 Å². The van der Waals surface area contributed by atoms with E-state index in [1.807, 2.05) is 24.0 Å². The number of nitrogens with zero attached hydrogens (tertiary/aromatic N) is 4. The molecule has 0 saturated heterocycles. The second-order valence-electron chi connectivity index (χ2n) is 4.58. The van der Waals surface area contributed by atoms with Crippen molar-refractivity contribution >= 4 is 5.82 Å². The van der Waals surface area contributed by atoms with E-state index in [2.05, 4.69) is 40.1 Å². The Bertz CT molecular complexity index is 497. The first-order valence-corrected chi connectivity index (χ1v) is 6.46. The van der Waals surface area contributed by atoms with E-state index in [1.165, 1.54) is 18.5 Å². The maximum Gasteiger partial charge on any atom is 0.148 e. The van der Waals surface area contributed by atoms with E-state index in [9.17, 15) is 0 Å². The van der Waals surface area contributed by atoms with Crippen LogP contribution >= 0.6 is 0 Å². The van der Waals surface area contributed by atoms with Gasteiger partial charge in [-0.2, -0.15) is 10.2 Å². The highest BCUT2D eigenvalue weighted by Gasteiger charge is 2.04. The highest BCUT2D eigenvalue weighted by Crippen LogP contribution is 2.10. The number of aryl methyl sites for hydroxylation is 3. The van der Waals surface area contributed by atoms with Crippen molar-refractivity contribution in [2.24, 2.45) is 7.05 Å². The zero-order valence-corrected chi connectivity index (χ0v) is 11.3. The minimum Gasteiger partial charge on any atom is -0.363 e. The Morgan fingerprint density at radius 2 is 2.17 bits per heavy atom. The van der Waals surface area contributed by atoms with Gasteiger partial charge in [-0.1, -0.05) is 13.3 Å². The van der Waals surface area contributed by atoms with E-state index < -0.39 is 0 Å². The first-order chi connectivity index (χ1) is 8.69. The van der Waals surface area contributed by atoms with Crippen molar-refractivity contribution in [1.82, 2.24) is 19.6 Å². The molecule has 2 heterocycles. The molecule has 98 valence electrons. The van der Waals surface area contributed by atoms with Crippen molar-refractivity contribution in [3.63, 3.8) is 0 Å². The van der Waals surface area contributed by atoms with Crippen molar-refractivity contribution in [2.75, 3.05) is 5.32 Å². The maximum atomic E-state index is 4.54. The lowest BCUT2D eigenvalue weighted by atomic mass is 10.3. The quantitative estimate of drug-likeness (QED) is 0.852. The predicted molar refractivity (Wildman–Crippen MR) is 72.4 cm³/mol. The molecule has 2 aromatic heterocycles. The Labute approximate surface area is 108 Å². The minimum atomic E-state index is 0.713. The van der Waals surface area contributed by atoms with Crippen LogP contribution in [-0.4, -0.2) is 19.6 Å². The van der Waals surface area contributed by atoms with Gasteiger partial charge in [0.05, 0.1) is 12.2 Å². The normalized spacial score (nSPS) is 10.8. The molecule has 0 radical (unpaired) electrons. The topological polar surface area (TPSA) is 47.7 Å². The van der Waals surface area contributed by atoms with Gasteiger partial charge in [0.2, 0.25) is 0 Å². The summed E-state index contributed by atoms with van der Waals surface area (Å²) in [4.78, 5) is 0. The summed E-state index contributed by atoms with van der Waals surface area (Å²) >= 11 is 0. The standard InChI is InChI=1S/C13H21N5/c1-4-5-7-18-11(2)9-13(16-18)14-10-12-6-8-17(3)15-12/h6,8-9H,4-5,7,10H2,1-3H3,(H,14,16). The Morgan fingerprint density at radius 1 is 1.33 bits per heavy atom. The molecule has 0 aliphatic rings. The molecule has 0 saturated carbocycles. The van der Waals surface area contributed by atoms with Crippen LogP contribution in [0.15, 0.2) is 18.3 Å². The van der Waals surface area contributed by atoms with Gasteiger partial charge in [0.1, 0.15) is 5.82 Å². The molecule has 0 atom stereocenters. The molecule has 2 rings (SSSR count). The van der Waals surface area contributed by atoms with Crippen LogP contribution in [-0.2, 0) is 20.1 Å². The summed E-state index contributed by atoms with van der Waals surface area (Å²) in [6.07, 6.45) is 4.31. The third-order valence-corrected chi connectivity index (χ3v) is 2.92. The molecule has 0 amide bonds. The number of hydrogen-bond donors (Lipinski definition) is 1. The number of anilines is 1. The van der Waals surface area contributed by atoms with Crippen molar-refractivity contribution in [2.45, 2.75) is 39.8 Å². The Balaban J connectivity index is 1.93. The lowest BCUT2D eigenvalue weighted by molar-refractivity contribution is 0.560. The number of aromatic nitrogens is 4. The Morgan fingerprint density at radius 3 is 2.83 bits per heavy atom. The molecule has 0 aliphatic heterocycles. The molecule has 0 bridgehead atoms. The van der Waals surface area contributed by atoms with E-state index in [4.69, 9.17) is 0 Å². The van der Waals surface area contributed by atoms with Crippen LogP contribution in [0.4, 0.5) is 5.82 Å². The van der Waals surface area contributed by atoms with Crippen LogP contribution in [0, 0.1) is 6.92 Å². The monoisotopic (exact) mass is 247 g/mol. The van der Waals surface area contributed by atoms with E-state index in [0.717, 1.165) is 18.1 Å². The third kappa shape index (κ3) is 3.12. The largest absolute Gasteiger partial charge is 0.363 e. The Hall–Kier alpha value is -1.78. The van der Waals surface area contributed by atoms with Gasteiger partial charge < -0.3 is 5.32 Å². The number of unbranched alkanes of at least 4 members (excludes halogenated alkanes) is 1. The molecule has 0 aromatic carbocycles. The molecule has 0 fully saturated rings. The van der Waals surface area contributed by atoms with Gasteiger partial charge in [-0.15, -0.1) is 0 Å².